The third-order valence-electron chi connectivity index (χ3n) is 2.82. The highest BCUT2D eigenvalue weighted by molar-refractivity contribution is 6.30. The SMILES string of the molecule is Cn1nccc1CNC(=O)NCCOc1ccc(Cl)cc1. The van der Waals surface area contributed by atoms with Crippen LogP contribution >= 0.6 is 11.6 Å². The zero-order chi connectivity index (χ0) is 15.1. The van der Waals surface area contributed by atoms with Gasteiger partial charge in [-0.15, -0.1) is 0 Å². The van der Waals surface area contributed by atoms with Gasteiger partial charge in [-0.1, -0.05) is 11.6 Å². The van der Waals surface area contributed by atoms with Crippen molar-refractivity contribution >= 4 is 17.6 Å². The molecule has 0 atom stereocenters. The molecule has 0 saturated heterocycles. The number of rotatable bonds is 6. The Labute approximate surface area is 128 Å². The summed E-state index contributed by atoms with van der Waals surface area (Å²) in [4.78, 5) is 11.6. The minimum absolute atomic E-state index is 0.240. The molecular weight excluding hydrogens is 292 g/mol. The second-order valence-corrected chi connectivity index (χ2v) is 4.79. The number of hydrogen-bond acceptors (Lipinski definition) is 3. The van der Waals surface area contributed by atoms with Crippen LogP contribution in [0, 0.1) is 0 Å². The fourth-order valence-electron chi connectivity index (χ4n) is 1.67. The Morgan fingerprint density at radius 1 is 1.29 bits per heavy atom. The molecule has 0 unspecified atom stereocenters. The first-order valence-electron chi connectivity index (χ1n) is 6.52. The summed E-state index contributed by atoms with van der Waals surface area (Å²) in [6.07, 6.45) is 1.69. The van der Waals surface area contributed by atoms with Gasteiger partial charge in [0.05, 0.1) is 18.8 Å². The Hall–Kier alpha value is -2.21. The highest BCUT2D eigenvalue weighted by atomic mass is 35.5. The van der Waals surface area contributed by atoms with Gasteiger partial charge in [-0.3, -0.25) is 4.68 Å². The van der Waals surface area contributed by atoms with E-state index in [2.05, 4.69) is 15.7 Å². The standard InChI is InChI=1S/C14H17ClN4O2/c1-19-12(6-7-18-19)10-17-14(20)16-8-9-21-13-4-2-11(15)3-5-13/h2-7H,8-10H2,1H3,(H2,16,17,20). The zero-order valence-corrected chi connectivity index (χ0v) is 12.4. The third kappa shape index (κ3) is 5.00. The molecule has 2 rings (SSSR count). The number of hydrogen-bond donors (Lipinski definition) is 2. The second-order valence-electron chi connectivity index (χ2n) is 4.36. The van der Waals surface area contributed by atoms with Crippen LogP contribution in [0.1, 0.15) is 5.69 Å². The van der Waals surface area contributed by atoms with Crippen molar-refractivity contribution in [2.45, 2.75) is 6.54 Å². The van der Waals surface area contributed by atoms with E-state index in [1.165, 1.54) is 0 Å². The lowest BCUT2D eigenvalue weighted by molar-refractivity contribution is 0.236. The van der Waals surface area contributed by atoms with Gasteiger partial charge < -0.3 is 15.4 Å². The molecule has 1 aromatic heterocycles. The van der Waals surface area contributed by atoms with Crippen LogP contribution in [0.5, 0.6) is 5.75 Å². The zero-order valence-electron chi connectivity index (χ0n) is 11.7. The van der Waals surface area contributed by atoms with E-state index >= 15 is 0 Å². The van der Waals surface area contributed by atoms with E-state index in [-0.39, 0.29) is 6.03 Å². The number of halogens is 1. The summed E-state index contributed by atoms with van der Waals surface area (Å²) in [5.74, 6) is 0.719. The van der Waals surface area contributed by atoms with Crippen molar-refractivity contribution in [3.05, 3.63) is 47.2 Å². The van der Waals surface area contributed by atoms with Crippen molar-refractivity contribution in [3.63, 3.8) is 0 Å². The van der Waals surface area contributed by atoms with Gasteiger partial charge in [0.25, 0.3) is 0 Å². The van der Waals surface area contributed by atoms with Crippen molar-refractivity contribution in [2.24, 2.45) is 7.05 Å². The molecule has 0 aliphatic carbocycles. The summed E-state index contributed by atoms with van der Waals surface area (Å²) in [6, 6.07) is 8.69. The molecule has 112 valence electrons. The first-order chi connectivity index (χ1) is 10.1. The van der Waals surface area contributed by atoms with Crippen molar-refractivity contribution < 1.29 is 9.53 Å². The Balaban J connectivity index is 1.61. The number of benzene rings is 1. The van der Waals surface area contributed by atoms with Gasteiger partial charge in [-0.2, -0.15) is 5.10 Å². The minimum atomic E-state index is -0.240. The number of carbonyl (C=O) groups is 1. The molecule has 0 aliphatic heterocycles. The molecule has 0 radical (unpaired) electrons. The van der Waals surface area contributed by atoms with E-state index in [4.69, 9.17) is 16.3 Å². The molecule has 2 N–H and O–H groups in total. The molecule has 6 nitrogen and oxygen atoms in total. The molecule has 0 fully saturated rings. The quantitative estimate of drug-likeness (QED) is 0.802. The van der Waals surface area contributed by atoms with Gasteiger partial charge >= 0.3 is 6.03 Å². The smallest absolute Gasteiger partial charge is 0.315 e. The number of nitrogens with zero attached hydrogens (tertiary/aromatic N) is 2. The molecule has 0 bridgehead atoms. The average Bonchev–Trinajstić information content (AvgIpc) is 2.89. The Kier molecular flexibility index (Phi) is 5.45. The molecule has 7 heteroatoms. The molecule has 21 heavy (non-hydrogen) atoms. The number of ether oxygens (including phenoxy) is 1. The normalized spacial score (nSPS) is 10.2. The largest absolute Gasteiger partial charge is 0.492 e. The number of nitrogens with one attached hydrogen (secondary N) is 2. The van der Waals surface area contributed by atoms with E-state index in [1.807, 2.05) is 13.1 Å². The molecule has 1 heterocycles. The van der Waals surface area contributed by atoms with E-state index < -0.39 is 0 Å². The van der Waals surface area contributed by atoms with E-state index in [0.29, 0.717) is 24.7 Å². The third-order valence-corrected chi connectivity index (χ3v) is 3.07. The van der Waals surface area contributed by atoms with Crippen LogP contribution in [0.4, 0.5) is 4.79 Å². The minimum Gasteiger partial charge on any atom is -0.492 e. The molecule has 2 aromatic rings. The number of aromatic nitrogens is 2. The Morgan fingerprint density at radius 2 is 2.05 bits per heavy atom. The van der Waals surface area contributed by atoms with E-state index in [0.717, 1.165) is 11.4 Å². The van der Waals surface area contributed by atoms with E-state index in [9.17, 15) is 4.79 Å². The van der Waals surface area contributed by atoms with Crippen LogP contribution in [0.25, 0.3) is 0 Å². The Morgan fingerprint density at radius 3 is 2.71 bits per heavy atom. The molecule has 1 aromatic carbocycles. The summed E-state index contributed by atoms with van der Waals surface area (Å²) >= 11 is 5.78. The lowest BCUT2D eigenvalue weighted by Gasteiger charge is -2.09. The van der Waals surface area contributed by atoms with E-state index in [1.54, 1.807) is 35.1 Å². The van der Waals surface area contributed by atoms with Crippen molar-refractivity contribution in [1.29, 1.82) is 0 Å². The van der Waals surface area contributed by atoms with Crippen LogP contribution in [-0.2, 0) is 13.6 Å². The number of amides is 2. The number of urea groups is 1. The summed E-state index contributed by atoms with van der Waals surface area (Å²) in [5, 5.41) is 10.2. The molecule has 0 aliphatic rings. The summed E-state index contributed by atoms with van der Waals surface area (Å²) in [5.41, 5.74) is 0.933. The average molecular weight is 309 g/mol. The summed E-state index contributed by atoms with van der Waals surface area (Å²) in [7, 11) is 1.83. The topological polar surface area (TPSA) is 68.2 Å². The summed E-state index contributed by atoms with van der Waals surface area (Å²) in [6.45, 7) is 1.24. The van der Waals surface area contributed by atoms with Crippen molar-refractivity contribution in [2.75, 3.05) is 13.2 Å². The maximum Gasteiger partial charge on any atom is 0.315 e. The predicted molar refractivity (Wildman–Crippen MR) is 80.4 cm³/mol. The van der Waals surface area contributed by atoms with Gasteiger partial charge in [0.2, 0.25) is 0 Å². The van der Waals surface area contributed by atoms with Gasteiger partial charge in [0.1, 0.15) is 12.4 Å². The first kappa shape index (κ1) is 15.2. The molecular formula is C14H17ClN4O2. The van der Waals surface area contributed by atoms with Crippen molar-refractivity contribution in [3.8, 4) is 5.75 Å². The fourth-order valence-corrected chi connectivity index (χ4v) is 1.80. The molecule has 2 amide bonds. The first-order valence-corrected chi connectivity index (χ1v) is 6.90. The fraction of sp³-hybridized carbons (Fsp3) is 0.286. The highest BCUT2D eigenvalue weighted by Crippen LogP contribution is 2.14. The lowest BCUT2D eigenvalue weighted by Crippen LogP contribution is -2.37. The predicted octanol–water partition coefficient (Wildman–Crippen LogP) is 1.95. The van der Waals surface area contributed by atoms with Crippen molar-refractivity contribution in [1.82, 2.24) is 20.4 Å². The monoisotopic (exact) mass is 308 g/mol. The van der Waals surface area contributed by atoms with Gasteiger partial charge in [0.15, 0.2) is 0 Å². The second kappa shape index (κ2) is 7.54. The van der Waals surface area contributed by atoms with Crippen LogP contribution in [0.3, 0.4) is 0 Å². The van der Waals surface area contributed by atoms with Gasteiger partial charge in [0, 0.05) is 18.3 Å². The lowest BCUT2D eigenvalue weighted by atomic mass is 10.3. The van der Waals surface area contributed by atoms with Crippen LogP contribution in [0.15, 0.2) is 36.5 Å². The van der Waals surface area contributed by atoms with Gasteiger partial charge in [-0.25, -0.2) is 4.79 Å². The Bertz CT molecular complexity index is 583. The van der Waals surface area contributed by atoms with Crippen LogP contribution in [-0.4, -0.2) is 29.0 Å². The molecule has 0 spiro atoms. The van der Waals surface area contributed by atoms with Crippen LogP contribution in [0.2, 0.25) is 5.02 Å². The van der Waals surface area contributed by atoms with Gasteiger partial charge in [-0.05, 0) is 30.3 Å². The van der Waals surface area contributed by atoms with Crippen LogP contribution < -0.4 is 15.4 Å². The highest BCUT2D eigenvalue weighted by Gasteiger charge is 2.02. The molecule has 0 saturated carbocycles. The number of aryl methyl sites for hydroxylation is 1. The number of carbonyl (C=O) groups excluding carboxylic acids is 1. The maximum absolute atomic E-state index is 11.6. The maximum atomic E-state index is 11.6. The summed E-state index contributed by atoms with van der Waals surface area (Å²) < 4.78 is 7.18.